The lowest BCUT2D eigenvalue weighted by Gasteiger charge is -2.33. The van der Waals surface area contributed by atoms with Crippen molar-refractivity contribution in [3.05, 3.63) is 66.6 Å². The Morgan fingerprint density at radius 1 is 1.03 bits per heavy atom. The van der Waals surface area contributed by atoms with Crippen LogP contribution in [-0.2, 0) is 11.2 Å². The Morgan fingerprint density at radius 2 is 1.83 bits per heavy atom. The molecule has 7 nitrogen and oxygen atoms in total. The molecule has 0 saturated carbocycles. The molecule has 1 N–H and O–H groups in total. The molecule has 1 saturated heterocycles. The van der Waals surface area contributed by atoms with Gasteiger partial charge in [-0.3, -0.25) is 4.79 Å². The lowest BCUT2D eigenvalue weighted by Crippen LogP contribution is -2.44. The largest absolute Gasteiger partial charge is 0.354 e. The van der Waals surface area contributed by atoms with Crippen LogP contribution in [0.15, 0.2) is 61.1 Å². The van der Waals surface area contributed by atoms with E-state index in [0.29, 0.717) is 12.8 Å². The summed E-state index contributed by atoms with van der Waals surface area (Å²) < 4.78 is 1.83. The summed E-state index contributed by atoms with van der Waals surface area (Å²) in [6.07, 6.45) is 6.56. The van der Waals surface area contributed by atoms with Gasteiger partial charge in [0.25, 0.3) is 0 Å². The van der Waals surface area contributed by atoms with Crippen molar-refractivity contribution in [2.24, 2.45) is 0 Å². The molecule has 150 valence electrons. The van der Waals surface area contributed by atoms with Gasteiger partial charge in [0.1, 0.15) is 5.82 Å². The van der Waals surface area contributed by atoms with E-state index in [-0.39, 0.29) is 5.91 Å². The molecule has 1 aliphatic heterocycles. The normalized spacial score (nSPS) is 14.7. The molecule has 2 aromatic heterocycles. The number of para-hydroxylation sites is 1. The number of hydrogen-bond acceptors (Lipinski definition) is 5. The standard InChI is InChI=1S/C22H26N6O/c1-26-11-13-27(14-12-26)21-9-8-19(16-23-21)25-22(29)10-7-18-15-24-28(17-18)20-5-3-2-4-6-20/h2-6,8-9,15-17H,7,10-14H2,1H3,(H,25,29). The quantitative estimate of drug-likeness (QED) is 0.701. The maximum Gasteiger partial charge on any atom is 0.224 e. The summed E-state index contributed by atoms with van der Waals surface area (Å²) in [7, 11) is 2.13. The molecule has 0 aliphatic carbocycles. The van der Waals surface area contributed by atoms with Crippen LogP contribution in [0.5, 0.6) is 0 Å². The Labute approximate surface area is 171 Å². The zero-order valence-corrected chi connectivity index (χ0v) is 16.7. The lowest BCUT2D eigenvalue weighted by molar-refractivity contribution is -0.116. The number of amides is 1. The fourth-order valence-electron chi connectivity index (χ4n) is 3.38. The molecule has 1 aromatic carbocycles. The van der Waals surface area contributed by atoms with Gasteiger partial charge in [-0.15, -0.1) is 0 Å². The fourth-order valence-corrected chi connectivity index (χ4v) is 3.38. The highest BCUT2D eigenvalue weighted by Gasteiger charge is 2.15. The number of aromatic nitrogens is 3. The molecule has 29 heavy (non-hydrogen) atoms. The number of carbonyl (C=O) groups excluding carboxylic acids is 1. The van der Waals surface area contributed by atoms with Crippen LogP contribution in [0.3, 0.4) is 0 Å². The number of nitrogens with zero attached hydrogens (tertiary/aromatic N) is 5. The summed E-state index contributed by atoms with van der Waals surface area (Å²) in [5.41, 5.74) is 2.77. The highest BCUT2D eigenvalue weighted by atomic mass is 16.1. The first-order chi connectivity index (χ1) is 14.2. The first-order valence-electron chi connectivity index (χ1n) is 9.96. The van der Waals surface area contributed by atoms with Gasteiger partial charge in [0, 0.05) is 38.8 Å². The number of nitrogens with one attached hydrogen (secondary N) is 1. The number of carbonyl (C=O) groups is 1. The first-order valence-corrected chi connectivity index (χ1v) is 9.96. The summed E-state index contributed by atoms with van der Waals surface area (Å²) in [4.78, 5) is 21.4. The van der Waals surface area contributed by atoms with E-state index in [1.165, 1.54) is 0 Å². The summed E-state index contributed by atoms with van der Waals surface area (Å²) >= 11 is 0. The molecular formula is C22H26N6O. The van der Waals surface area contributed by atoms with Gasteiger partial charge in [-0.2, -0.15) is 5.10 Å². The van der Waals surface area contributed by atoms with E-state index >= 15 is 0 Å². The van der Waals surface area contributed by atoms with Gasteiger partial charge in [0.2, 0.25) is 5.91 Å². The summed E-state index contributed by atoms with van der Waals surface area (Å²) in [6.45, 7) is 4.04. The van der Waals surface area contributed by atoms with Crippen molar-refractivity contribution in [1.82, 2.24) is 19.7 Å². The van der Waals surface area contributed by atoms with Crippen LogP contribution < -0.4 is 10.2 Å². The number of hydrogen-bond donors (Lipinski definition) is 1. The van der Waals surface area contributed by atoms with Crippen molar-refractivity contribution < 1.29 is 4.79 Å². The maximum atomic E-state index is 12.3. The second-order valence-corrected chi connectivity index (χ2v) is 7.37. The number of rotatable bonds is 6. The summed E-state index contributed by atoms with van der Waals surface area (Å²) in [5, 5.41) is 7.31. The third-order valence-corrected chi connectivity index (χ3v) is 5.16. The molecule has 0 bridgehead atoms. The second kappa shape index (κ2) is 8.87. The van der Waals surface area contributed by atoms with E-state index in [1.807, 2.05) is 59.5 Å². The Hall–Kier alpha value is -3.19. The van der Waals surface area contributed by atoms with E-state index in [4.69, 9.17) is 0 Å². The molecule has 0 atom stereocenters. The molecular weight excluding hydrogens is 364 g/mol. The van der Waals surface area contributed by atoms with E-state index in [9.17, 15) is 4.79 Å². The SMILES string of the molecule is CN1CCN(c2ccc(NC(=O)CCc3cnn(-c4ccccc4)c3)cn2)CC1. The van der Waals surface area contributed by atoms with Crippen molar-refractivity contribution in [2.45, 2.75) is 12.8 Å². The van der Waals surface area contributed by atoms with Crippen molar-refractivity contribution in [2.75, 3.05) is 43.4 Å². The van der Waals surface area contributed by atoms with Crippen LogP contribution in [0.4, 0.5) is 11.5 Å². The van der Waals surface area contributed by atoms with Gasteiger partial charge in [0.05, 0.1) is 23.8 Å². The molecule has 1 aliphatic rings. The minimum absolute atomic E-state index is 0.0217. The molecule has 4 rings (SSSR count). The molecule has 0 radical (unpaired) electrons. The topological polar surface area (TPSA) is 66.3 Å². The minimum atomic E-state index is -0.0217. The Kier molecular flexibility index (Phi) is 5.86. The third-order valence-electron chi connectivity index (χ3n) is 5.16. The van der Waals surface area contributed by atoms with Crippen LogP contribution >= 0.6 is 0 Å². The van der Waals surface area contributed by atoms with Crippen LogP contribution in [0, 0.1) is 0 Å². The average molecular weight is 390 g/mol. The zero-order chi connectivity index (χ0) is 20.1. The smallest absolute Gasteiger partial charge is 0.224 e. The van der Waals surface area contributed by atoms with Crippen molar-refractivity contribution in [1.29, 1.82) is 0 Å². The van der Waals surface area contributed by atoms with E-state index in [0.717, 1.165) is 48.9 Å². The number of benzene rings is 1. The number of pyridine rings is 1. The summed E-state index contributed by atoms with van der Waals surface area (Å²) in [6, 6.07) is 13.8. The third kappa shape index (κ3) is 5.00. The van der Waals surface area contributed by atoms with Gasteiger partial charge in [0.15, 0.2) is 0 Å². The minimum Gasteiger partial charge on any atom is -0.354 e. The number of anilines is 2. The van der Waals surface area contributed by atoms with E-state index in [1.54, 1.807) is 6.20 Å². The Bertz CT molecular complexity index is 929. The van der Waals surface area contributed by atoms with Crippen LogP contribution in [0.1, 0.15) is 12.0 Å². The zero-order valence-electron chi connectivity index (χ0n) is 16.7. The number of aryl methyl sites for hydroxylation is 1. The van der Waals surface area contributed by atoms with Crippen molar-refractivity contribution in [3.63, 3.8) is 0 Å². The highest BCUT2D eigenvalue weighted by Crippen LogP contribution is 2.16. The van der Waals surface area contributed by atoms with Gasteiger partial charge >= 0.3 is 0 Å². The fraction of sp³-hybridized carbons (Fsp3) is 0.318. The molecule has 0 spiro atoms. The van der Waals surface area contributed by atoms with Gasteiger partial charge < -0.3 is 15.1 Å². The molecule has 1 amide bonds. The predicted octanol–water partition coefficient (Wildman–Crippen LogP) is 2.59. The number of piperazine rings is 1. The first kappa shape index (κ1) is 19.1. The molecule has 1 fully saturated rings. The molecule has 3 heterocycles. The van der Waals surface area contributed by atoms with Gasteiger partial charge in [-0.25, -0.2) is 9.67 Å². The van der Waals surface area contributed by atoms with E-state index in [2.05, 4.69) is 32.2 Å². The maximum absolute atomic E-state index is 12.3. The number of likely N-dealkylation sites (N-methyl/N-ethyl adjacent to an activating group) is 1. The van der Waals surface area contributed by atoms with Crippen molar-refractivity contribution in [3.8, 4) is 5.69 Å². The van der Waals surface area contributed by atoms with E-state index < -0.39 is 0 Å². The summed E-state index contributed by atoms with van der Waals surface area (Å²) in [5.74, 6) is 0.941. The van der Waals surface area contributed by atoms with Gasteiger partial charge in [-0.1, -0.05) is 18.2 Å². The molecule has 3 aromatic rings. The highest BCUT2D eigenvalue weighted by molar-refractivity contribution is 5.90. The molecule has 7 heteroatoms. The monoisotopic (exact) mass is 390 g/mol. The second-order valence-electron chi connectivity index (χ2n) is 7.37. The van der Waals surface area contributed by atoms with Crippen LogP contribution in [-0.4, -0.2) is 58.8 Å². The predicted molar refractivity (Wildman–Crippen MR) is 114 cm³/mol. The Morgan fingerprint density at radius 3 is 2.55 bits per heavy atom. The lowest BCUT2D eigenvalue weighted by atomic mass is 10.2. The van der Waals surface area contributed by atoms with Gasteiger partial charge in [-0.05, 0) is 43.3 Å². The average Bonchev–Trinajstić information content (AvgIpc) is 3.23. The van der Waals surface area contributed by atoms with Crippen molar-refractivity contribution >= 4 is 17.4 Å². The van der Waals surface area contributed by atoms with Crippen LogP contribution in [0.25, 0.3) is 5.69 Å². The Balaban J connectivity index is 1.27. The van der Waals surface area contributed by atoms with Crippen LogP contribution in [0.2, 0.25) is 0 Å². The molecule has 0 unspecified atom stereocenters.